The molecule has 1 heteroatoms. The van der Waals surface area contributed by atoms with Gasteiger partial charge >= 0.3 is 0 Å². The number of hydrogen-bond donors (Lipinski definition) is 0. The van der Waals surface area contributed by atoms with E-state index in [-0.39, 0.29) is 0 Å². The molecule has 0 aromatic carbocycles. The van der Waals surface area contributed by atoms with Crippen LogP contribution in [0.4, 0.5) is 0 Å². The van der Waals surface area contributed by atoms with Gasteiger partial charge in [-0.05, 0) is 62.2 Å². The summed E-state index contributed by atoms with van der Waals surface area (Å²) in [5.41, 5.74) is 7.67. The normalized spacial score (nSPS) is 36.4. The SMILES string of the molecule is CC/C1=C2\C=NC3CC3=C\C2=C(\C)CCCC1. The van der Waals surface area contributed by atoms with Gasteiger partial charge in [-0.3, -0.25) is 4.99 Å². The van der Waals surface area contributed by atoms with Gasteiger partial charge in [0.05, 0.1) is 6.04 Å². The number of fused-ring (bicyclic) bond motifs is 2. The van der Waals surface area contributed by atoms with Crippen LogP contribution in [0, 0.1) is 0 Å². The van der Waals surface area contributed by atoms with E-state index >= 15 is 0 Å². The highest BCUT2D eigenvalue weighted by Gasteiger charge is 2.31. The van der Waals surface area contributed by atoms with Crippen molar-refractivity contribution in [3.05, 3.63) is 33.9 Å². The number of rotatable bonds is 1. The van der Waals surface area contributed by atoms with Gasteiger partial charge in [0.1, 0.15) is 0 Å². The van der Waals surface area contributed by atoms with Gasteiger partial charge in [-0.1, -0.05) is 24.1 Å². The molecule has 0 bridgehead atoms. The minimum atomic E-state index is 0.522. The predicted octanol–water partition coefficient (Wildman–Crippen LogP) is 4.37. The largest absolute Gasteiger partial charge is 0.284 e. The zero-order valence-electron chi connectivity index (χ0n) is 10.9. The second kappa shape index (κ2) is 4.29. The van der Waals surface area contributed by atoms with E-state index in [1.807, 2.05) is 0 Å². The predicted molar refractivity (Wildman–Crippen MR) is 73.5 cm³/mol. The molecule has 0 amide bonds. The van der Waals surface area contributed by atoms with Crippen molar-refractivity contribution < 1.29 is 0 Å². The van der Waals surface area contributed by atoms with Crippen LogP contribution in [-0.4, -0.2) is 12.3 Å². The van der Waals surface area contributed by atoms with Gasteiger partial charge < -0.3 is 0 Å². The minimum Gasteiger partial charge on any atom is -0.284 e. The molecule has 1 heterocycles. The minimum absolute atomic E-state index is 0.522. The fraction of sp³-hybridized carbons (Fsp3) is 0.562. The van der Waals surface area contributed by atoms with Crippen LogP contribution in [-0.2, 0) is 0 Å². The Morgan fingerprint density at radius 1 is 1.24 bits per heavy atom. The fourth-order valence-corrected chi connectivity index (χ4v) is 2.97. The van der Waals surface area contributed by atoms with Crippen molar-refractivity contribution in [2.24, 2.45) is 4.99 Å². The van der Waals surface area contributed by atoms with E-state index in [1.165, 1.54) is 49.7 Å². The lowest BCUT2D eigenvalue weighted by molar-refractivity contribution is 0.701. The first kappa shape index (κ1) is 11.0. The monoisotopic (exact) mass is 227 g/mol. The third-order valence-electron chi connectivity index (χ3n) is 4.25. The molecule has 1 unspecified atom stereocenters. The zero-order chi connectivity index (χ0) is 11.8. The Hall–Kier alpha value is -1.11. The van der Waals surface area contributed by atoms with Crippen molar-refractivity contribution in [2.75, 3.05) is 0 Å². The summed E-state index contributed by atoms with van der Waals surface area (Å²) >= 11 is 0. The molecule has 1 atom stereocenters. The van der Waals surface area contributed by atoms with Crippen LogP contribution < -0.4 is 0 Å². The first-order valence-corrected chi connectivity index (χ1v) is 6.95. The standard InChI is InChI=1S/C16H21N/c1-3-12-7-5-4-6-11(2)14-8-13-9-16(13)17-10-15(12)14/h8,10,16H,3-7,9H2,1-2H3/b14-11+,15-12-. The summed E-state index contributed by atoms with van der Waals surface area (Å²) in [6.45, 7) is 4.59. The van der Waals surface area contributed by atoms with Gasteiger partial charge in [-0.15, -0.1) is 0 Å². The molecule has 1 fully saturated rings. The second-order valence-electron chi connectivity index (χ2n) is 5.49. The van der Waals surface area contributed by atoms with E-state index in [2.05, 4.69) is 26.1 Å². The molecule has 0 N–H and O–H groups in total. The van der Waals surface area contributed by atoms with E-state index in [1.54, 1.807) is 16.7 Å². The lowest BCUT2D eigenvalue weighted by Crippen LogP contribution is -2.02. The smallest absolute Gasteiger partial charge is 0.0751 e. The van der Waals surface area contributed by atoms with Crippen molar-refractivity contribution in [3.63, 3.8) is 0 Å². The van der Waals surface area contributed by atoms with E-state index in [4.69, 9.17) is 4.99 Å². The summed E-state index contributed by atoms with van der Waals surface area (Å²) in [7, 11) is 0. The molecule has 0 aromatic heterocycles. The molecule has 3 rings (SSSR count). The van der Waals surface area contributed by atoms with Crippen molar-refractivity contribution >= 4 is 6.21 Å². The maximum absolute atomic E-state index is 4.70. The molecular weight excluding hydrogens is 206 g/mol. The van der Waals surface area contributed by atoms with Crippen LogP contribution in [0.2, 0.25) is 0 Å². The van der Waals surface area contributed by atoms with Gasteiger partial charge in [-0.25, -0.2) is 0 Å². The first-order chi connectivity index (χ1) is 8.29. The Morgan fingerprint density at radius 2 is 2.06 bits per heavy atom. The lowest BCUT2D eigenvalue weighted by Gasteiger charge is -2.18. The summed E-state index contributed by atoms with van der Waals surface area (Å²) in [5.74, 6) is 0. The molecule has 1 nitrogen and oxygen atoms in total. The highest BCUT2D eigenvalue weighted by atomic mass is 14.8. The highest BCUT2D eigenvalue weighted by molar-refractivity contribution is 5.89. The van der Waals surface area contributed by atoms with E-state index in [9.17, 15) is 0 Å². The Kier molecular flexibility index (Phi) is 2.78. The maximum atomic E-state index is 4.70. The summed E-state index contributed by atoms with van der Waals surface area (Å²) in [4.78, 5) is 4.70. The lowest BCUT2D eigenvalue weighted by atomic mass is 9.87. The number of nitrogens with zero attached hydrogens (tertiary/aromatic N) is 1. The molecule has 0 aromatic rings. The van der Waals surface area contributed by atoms with Crippen LogP contribution in [0.5, 0.6) is 0 Å². The number of hydrogen-bond acceptors (Lipinski definition) is 1. The second-order valence-corrected chi connectivity index (χ2v) is 5.49. The van der Waals surface area contributed by atoms with Crippen LogP contribution in [0.15, 0.2) is 38.9 Å². The third-order valence-corrected chi connectivity index (χ3v) is 4.25. The van der Waals surface area contributed by atoms with E-state index in [0.29, 0.717) is 6.04 Å². The summed E-state index contributed by atoms with van der Waals surface area (Å²) in [6, 6.07) is 0.522. The Labute approximate surface area is 104 Å². The quantitative estimate of drug-likeness (QED) is 0.631. The van der Waals surface area contributed by atoms with E-state index < -0.39 is 0 Å². The van der Waals surface area contributed by atoms with E-state index in [0.717, 1.165) is 0 Å². The molecule has 90 valence electrons. The van der Waals surface area contributed by atoms with Crippen LogP contribution in [0.25, 0.3) is 0 Å². The topological polar surface area (TPSA) is 12.4 Å². The fourth-order valence-electron chi connectivity index (χ4n) is 2.97. The molecular formula is C16H21N. The summed E-state index contributed by atoms with van der Waals surface area (Å²) in [5, 5.41) is 0. The van der Waals surface area contributed by atoms with Crippen molar-refractivity contribution in [1.82, 2.24) is 0 Å². The molecule has 1 saturated carbocycles. The maximum Gasteiger partial charge on any atom is 0.0751 e. The molecule has 0 saturated heterocycles. The first-order valence-electron chi connectivity index (χ1n) is 6.95. The van der Waals surface area contributed by atoms with Gasteiger partial charge in [0, 0.05) is 6.21 Å². The molecule has 3 aliphatic rings. The van der Waals surface area contributed by atoms with Gasteiger partial charge in [0.25, 0.3) is 0 Å². The van der Waals surface area contributed by atoms with Crippen molar-refractivity contribution in [1.29, 1.82) is 0 Å². The van der Waals surface area contributed by atoms with Gasteiger partial charge in [0.15, 0.2) is 0 Å². The summed E-state index contributed by atoms with van der Waals surface area (Å²) in [6.07, 6.45) is 12.2. The average Bonchev–Trinajstić information content (AvgIpc) is 3.05. The van der Waals surface area contributed by atoms with Gasteiger partial charge in [0.2, 0.25) is 0 Å². The third kappa shape index (κ3) is 2.03. The summed E-state index contributed by atoms with van der Waals surface area (Å²) < 4.78 is 0. The molecule has 2 aliphatic carbocycles. The number of aliphatic imine (C=N–C) groups is 1. The van der Waals surface area contributed by atoms with Crippen molar-refractivity contribution in [3.8, 4) is 0 Å². The Morgan fingerprint density at radius 3 is 2.88 bits per heavy atom. The van der Waals surface area contributed by atoms with Crippen LogP contribution >= 0.6 is 0 Å². The van der Waals surface area contributed by atoms with Crippen LogP contribution in [0.1, 0.15) is 52.4 Å². The molecule has 0 spiro atoms. The van der Waals surface area contributed by atoms with Crippen LogP contribution in [0.3, 0.4) is 0 Å². The number of allylic oxidation sites excluding steroid dienone is 5. The Bertz CT molecular complexity index is 460. The highest BCUT2D eigenvalue weighted by Crippen LogP contribution is 2.40. The molecule has 17 heavy (non-hydrogen) atoms. The van der Waals surface area contributed by atoms with Crippen molar-refractivity contribution in [2.45, 2.75) is 58.4 Å². The van der Waals surface area contributed by atoms with Gasteiger partial charge in [-0.2, -0.15) is 0 Å². The molecule has 1 aliphatic heterocycles. The molecule has 0 radical (unpaired) electrons. The average molecular weight is 227 g/mol. The zero-order valence-corrected chi connectivity index (χ0v) is 10.9. The Balaban J connectivity index is 2.14.